The molecule has 1 aromatic carbocycles. The topological polar surface area (TPSA) is 61.4 Å². The molecule has 1 aliphatic heterocycles. The summed E-state index contributed by atoms with van der Waals surface area (Å²) in [4.78, 5) is 25.8. The molecule has 0 radical (unpaired) electrons. The van der Waals surface area contributed by atoms with Crippen molar-refractivity contribution in [2.24, 2.45) is 0 Å². The molecule has 1 aromatic rings. The molecule has 1 aliphatic rings. The van der Waals surface area contributed by atoms with Crippen molar-refractivity contribution in [1.29, 1.82) is 0 Å². The minimum absolute atomic E-state index is 0.229. The van der Waals surface area contributed by atoms with Crippen molar-refractivity contribution in [2.45, 2.75) is 6.04 Å². The second-order valence-corrected chi connectivity index (χ2v) is 5.41. The van der Waals surface area contributed by atoms with Crippen LogP contribution < -0.4 is 10.6 Å². The number of halogens is 2. The molecule has 0 spiro atoms. The Bertz CT molecular complexity index is 518. The molecule has 7 heteroatoms. The van der Waals surface area contributed by atoms with Gasteiger partial charge in [0, 0.05) is 36.7 Å². The highest BCUT2D eigenvalue weighted by Gasteiger charge is 2.32. The lowest BCUT2D eigenvalue weighted by Gasteiger charge is -2.35. The number of carbonyl (C=O) groups is 2. The van der Waals surface area contributed by atoms with Gasteiger partial charge in [0.25, 0.3) is 5.91 Å². The molecule has 20 heavy (non-hydrogen) atoms. The summed E-state index contributed by atoms with van der Waals surface area (Å²) in [5.74, 6) is -1.07. The van der Waals surface area contributed by atoms with E-state index in [9.17, 15) is 14.0 Å². The predicted molar refractivity (Wildman–Crippen MR) is 75.9 cm³/mol. The van der Waals surface area contributed by atoms with Crippen molar-refractivity contribution >= 4 is 27.7 Å². The van der Waals surface area contributed by atoms with Crippen molar-refractivity contribution in [3.63, 3.8) is 0 Å². The van der Waals surface area contributed by atoms with Gasteiger partial charge in [0.15, 0.2) is 0 Å². The Kier molecular flexibility index (Phi) is 4.72. The fraction of sp³-hybridized carbons (Fsp3) is 0.385. The third kappa shape index (κ3) is 3.16. The average molecular weight is 344 g/mol. The number of piperazine rings is 1. The first-order valence-corrected chi connectivity index (χ1v) is 7.01. The largest absolute Gasteiger partial charge is 0.357 e. The molecule has 1 unspecified atom stereocenters. The van der Waals surface area contributed by atoms with Crippen molar-refractivity contribution in [2.75, 3.05) is 26.7 Å². The van der Waals surface area contributed by atoms with Crippen LogP contribution in [-0.4, -0.2) is 49.4 Å². The molecule has 2 N–H and O–H groups in total. The number of likely N-dealkylation sites (N-methyl/N-ethyl adjacent to an activating group) is 1. The Balaban J connectivity index is 2.27. The molecule has 0 aromatic heterocycles. The number of nitrogens with zero attached hydrogens (tertiary/aromatic N) is 1. The zero-order chi connectivity index (χ0) is 14.7. The quantitative estimate of drug-likeness (QED) is 0.832. The van der Waals surface area contributed by atoms with Crippen LogP contribution in [0.4, 0.5) is 4.39 Å². The summed E-state index contributed by atoms with van der Waals surface area (Å²) >= 11 is 3.16. The molecule has 1 atom stereocenters. The number of benzene rings is 1. The van der Waals surface area contributed by atoms with Gasteiger partial charge in [-0.1, -0.05) is 15.9 Å². The number of hydrogen-bond acceptors (Lipinski definition) is 3. The van der Waals surface area contributed by atoms with E-state index in [-0.39, 0.29) is 17.4 Å². The predicted octanol–water partition coefficient (Wildman–Crippen LogP) is 0.748. The third-order valence-electron chi connectivity index (χ3n) is 3.16. The molecule has 1 saturated heterocycles. The number of rotatable bonds is 2. The number of carbonyl (C=O) groups excluding carboxylic acids is 2. The smallest absolute Gasteiger partial charge is 0.254 e. The maximum Gasteiger partial charge on any atom is 0.254 e. The van der Waals surface area contributed by atoms with Gasteiger partial charge in [-0.15, -0.1) is 0 Å². The van der Waals surface area contributed by atoms with Gasteiger partial charge in [-0.3, -0.25) is 9.59 Å². The number of nitrogens with one attached hydrogen (secondary N) is 2. The lowest BCUT2D eigenvalue weighted by molar-refractivity contribution is -0.125. The Morgan fingerprint density at radius 2 is 2.20 bits per heavy atom. The van der Waals surface area contributed by atoms with Crippen LogP contribution in [0.2, 0.25) is 0 Å². The standard InChI is InChI=1S/C13H15BrFN3O2/c1-16-12(19)11-7-17-2-3-18(11)13(20)8-4-9(14)6-10(15)5-8/h4-6,11,17H,2-3,7H2,1H3,(H,16,19). The second kappa shape index (κ2) is 6.32. The number of hydrogen-bond donors (Lipinski definition) is 2. The van der Waals surface area contributed by atoms with Gasteiger partial charge in [-0.05, 0) is 18.2 Å². The minimum Gasteiger partial charge on any atom is -0.357 e. The van der Waals surface area contributed by atoms with Crippen LogP contribution in [0.15, 0.2) is 22.7 Å². The summed E-state index contributed by atoms with van der Waals surface area (Å²) in [5.41, 5.74) is 0.229. The van der Waals surface area contributed by atoms with E-state index in [1.165, 1.54) is 24.1 Å². The molecule has 2 rings (SSSR count). The minimum atomic E-state index is -0.580. The molecular weight excluding hydrogens is 329 g/mol. The molecule has 0 saturated carbocycles. The first-order valence-electron chi connectivity index (χ1n) is 6.22. The normalized spacial score (nSPS) is 18.8. The third-order valence-corrected chi connectivity index (χ3v) is 3.62. The second-order valence-electron chi connectivity index (χ2n) is 4.49. The Labute approximate surface area is 124 Å². The Hall–Kier alpha value is -1.47. The van der Waals surface area contributed by atoms with E-state index in [0.29, 0.717) is 24.1 Å². The van der Waals surface area contributed by atoms with Crippen LogP contribution in [-0.2, 0) is 4.79 Å². The lowest BCUT2D eigenvalue weighted by Crippen LogP contribution is -2.59. The van der Waals surface area contributed by atoms with Crippen LogP contribution in [0, 0.1) is 5.82 Å². The van der Waals surface area contributed by atoms with E-state index < -0.39 is 11.9 Å². The molecular formula is C13H15BrFN3O2. The zero-order valence-corrected chi connectivity index (χ0v) is 12.5. The maximum atomic E-state index is 13.4. The molecule has 0 aliphatic carbocycles. The van der Waals surface area contributed by atoms with Crippen LogP contribution >= 0.6 is 15.9 Å². The molecule has 108 valence electrons. The molecule has 1 fully saturated rings. The highest BCUT2D eigenvalue weighted by Crippen LogP contribution is 2.18. The van der Waals surface area contributed by atoms with Crippen molar-refractivity contribution in [3.05, 3.63) is 34.1 Å². The summed E-state index contributed by atoms with van der Waals surface area (Å²) in [6.45, 7) is 1.41. The van der Waals surface area contributed by atoms with Crippen LogP contribution in [0.5, 0.6) is 0 Å². The molecule has 0 bridgehead atoms. The van der Waals surface area contributed by atoms with Crippen LogP contribution in [0.1, 0.15) is 10.4 Å². The van der Waals surface area contributed by atoms with Gasteiger partial charge in [-0.25, -0.2) is 4.39 Å². The van der Waals surface area contributed by atoms with E-state index in [1.54, 1.807) is 6.07 Å². The first kappa shape index (κ1) is 14.9. The average Bonchev–Trinajstić information content (AvgIpc) is 2.44. The summed E-state index contributed by atoms with van der Waals surface area (Å²) in [6.07, 6.45) is 0. The number of amides is 2. The lowest BCUT2D eigenvalue weighted by atomic mass is 10.1. The van der Waals surface area contributed by atoms with E-state index in [2.05, 4.69) is 26.6 Å². The van der Waals surface area contributed by atoms with Gasteiger partial charge in [0.1, 0.15) is 11.9 Å². The summed E-state index contributed by atoms with van der Waals surface area (Å²) in [6, 6.07) is 3.43. The highest BCUT2D eigenvalue weighted by molar-refractivity contribution is 9.10. The van der Waals surface area contributed by atoms with Crippen LogP contribution in [0.3, 0.4) is 0 Å². The van der Waals surface area contributed by atoms with Crippen molar-refractivity contribution in [1.82, 2.24) is 15.5 Å². The maximum absolute atomic E-state index is 13.4. The van der Waals surface area contributed by atoms with Gasteiger partial charge < -0.3 is 15.5 Å². The Morgan fingerprint density at radius 3 is 2.85 bits per heavy atom. The fourth-order valence-electron chi connectivity index (χ4n) is 2.19. The molecule has 5 nitrogen and oxygen atoms in total. The monoisotopic (exact) mass is 343 g/mol. The Morgan fingerprint density at radius 1 is 1.45 bits per heavy atom. The summed E-state index contributed by atoms with van der Waals surface area (Å²) in [5, 5.41) is 5.61. The van der Waals surface area contributed by atoms with Crippen molar-refractivity contribution in [3.8, 4) is 0 Å². The van der Waals surface area contributed by atoms with E-state index >= 15 is 0 Å². The highest BCUT2D eigenvalue weighted by atomic mass is 79.9. The van der Waals surface area contributed by atoms with Crippen LogP contribution in [0.25, 0.3) is 0 Å². The van der Waals surface area contributed by atoms with Gasteiger partial charge >= 0.3 is 0 Å². The fourth-order valence-corrected chi connectivity index (χ4v) is 2.66. The van der Waals surface area contributed by atoms with Gasteiger partial charge in [-0.2, -0.15) is 0 Å². The van der Waals surface area contributed by atoms with E-state index in [4.69, 9.17) is 0 Å². The SMILES string of the molecule is CNC(=O)C1CNCCN1C(=O)c1cc(F)cc(Br)c1. The van der Waals surface area contributed by atoms with Gasteiger partial charge in [0.2, 0.25) is 5.91 Å². The van der Waals surface area contributed by atoms with E-state index in [0.717, 1.165) is 0 Å². The molecule has 1 heterocycles. The van der Waals surface area contributed by atoms with Gasteiger partial charge in [0.05, 0.1) is 0 Å². The zero-order valence-electron chi connectivity index (χ0n) is 11.0. The first-order chi connectivity index (χ1) is 9.52. The summed E-state index contributed by atoms with van der Waals surface area (Å²) < 4.78 is 13.9. The summed E-state index contributed by atoms with van der Waals surface area (Å²) in [7, 11) is 1.53. The molecule has 2 amide bonds. The van der Waals surface area contributed by atoms with E-state index in [1.807, 2.05) is 0 Å². The van der Waals surface area contributed by atoms with Crippen molar-refractivity contribution < 1.29 is 14.0 Å².